The summed E-state index contributed by atoms with van der Waals surface area (Å²) >= 11 is 4.37. The maximum absolute atomic E-state index is 11.9. The number of carbonyl (C=O) groups excluding carboxylic acids is 1. The second-order valence-electron chi connectivity index (χ2n) is 5.94. The Balaban J connectivity index is 1.41. The van der Waals surface area contributed by atoms with Crippen LogP contribution in [-0.4, -0.2) is 38.3 Å². The fourth-order valence-corrected chi connectivity index (χ4v) is 4.87. The summed E-state index contributed by atoms with van der Waals surface area (Å²) in [6, 6.07) is 12.6. The number of aromatic nitrogens is 2. The van der Waals surface area contributed by atoms with Crippen LogP contribution < -0.4 is 5.43 Å². The molecular weight excluding hydrogens is 428 g/mol. The molecule has 0 radical (unpaired) electrons. The van der Waals surface area contributed by atoms with Crippen molar-refractivity contribution in [2.75, 3.05) is 5.75 Å². The van der Waals surface area contributed by atoms with Crippen LogP contribution in [0.5, 0.6) is 11.5 Å². The minimum Gasteiger partial charge on any atom is -0.504 e. The van der Waals surface area contributed by atoms with E-state index in [0.29, 0.717) is 5.56 Å². The largest absolute Gasteiger partial charge is 0.504 e. The molecule has 150 valence electrons. The Kier molecular flexibility index (Phi) is 7.50. The number of nitrogens with zero attached hydrogens (tertiary/aromatic N) is 3. The van der Waals surface area contributed by atoms with E-state index in [1.165, 1.54) is 52.6 Å². The Morgan fingerprint density at radius 3 is 2.55 bits per heavy atom. The van der Waals surface area contributed by atoms with Crippen LogP contribution in [0.25, 0.3) is 0 Å². The lowest BCUT2D eigenvalue weighted by Crippen LogP contribution is -2.19. The molecule has 3 rings (SSSR count). The number of hydrogen-bond donors (Lipinski definition) is 3. The lowest BCUT2D eigenvalue weighted by Gasteiger charge is -1.99. The number of nitrogens with one attached hydrogen (secondary N) is 1. The van der Waals surface area contributed by atoms with Gasteiger partial charge in [-0.3, -0.25) is 4.79 Å². The molecule has 0 fully saturated rings. The number of thioether (sulfide) groups is 2. The number of carbonyl (C=O) groups is 1. The summed E-state index contributed by atoms with van der Waals surface area (Å²) in [4.78, 5) is 11.9. The fraction of sp³-hybridized carbons (Fsp3) is 0.158. The van der Waals surface area contributed by atoms with Crippen molar-refractivity contribution in [3.8, 4) is 11.5 Å². The zero-order valence-electron chi connectivity index (χ0n) is 15.4. The van der Waals surface area contributed by atoms with Gasteiger partial charge in [-0.15, -0.1) is 10.2 Å². The average Bonchev–Trinajstić information content (AvgIpc) is 3.17. The molecule has 3 aromatic rings. The molecule has 0 aliphatic rings. The van der Waals surface area contributed by atoms with Gasteiger partial charge in [-0.25, -0.2) is 5.43 Å². The van der Waals surface area contributed by atoms with Gasteiger partial charge in [0.25, 0.3) is 5.91 Å². The number of phenols is 2. The van der Waals surface area contributed by atoms with E-state index in [4.69, 9.17) is 0 Å². The van der Waals surface area contributed by atoms with E-state index in [2.05, 4.69) is 51.9 Å². The number of aryl methyl sites for hydroxylation is 1. The number of rotatable bonds is 8. The third-order valence-electron chi connectivity index (χ3n) is 3.60. The van der Waals surface area contributed by atoms with Crippen LogP contribution in [0.4, 0.5) is 0 Å². The number of phenolic OH excluding ortho intramolecular Hbond substituents is 2. The minimum absolute atomic E-state index is 0.162. The van der Waals surface area contributed by atoms with Gasteiger partial charge >= 0.3 is 0 Å². The minimum atomic E-state index is -0.279. The van der Waals surface area contributed by atoms with E-state index in [1.54, 1.807) is 17.8 Å². The summed E-state index contributed by atoms with van der Waals surface area (Å²) < 4.78 is 1.58. The van der Waals surface area contributed by atoms with Gasteiger partial charge in [-0.05, 0) is 36.2 Å². The zero-order valence-corrected chi connectivity index (χ0v) is 17.9. The third kappa shape index (κ3) is 6.77. The Labute approximate surface area is 180 Å². The van der Waals surface area contributed by atoms with Crippen LogP contribution >= 0.6 is 34.9 Å². The van der Waals surface area contributed by atoms with E-state index in [-0.39, 0.29) is 23.2 Å². The molecule has 3 N–H and O–H groups in total. The first kappa shape index (κ1) is 21.2. The van der Waals surface area contributed by atoms with E-state index in [1.807, 2.05) is 0 Å². The Morgan fingerprint density at radius 2 is 1.83 bits per heavy atom. The summed E-state index contributed by atoms with van der Waals surface area (Å²) in [5.74, 6) is 0.245. The van der Waals surface area contributed by atoms with Crippen LogP contribution in [0.2, 0.25) is 0 Å². The third-order valence-corrected chi connectivity index (χ3v) is 6.86. The lowest BCUT2D eigenvalue weighted by atomic mass is 10.2. The van der Waals surface area contributed by atoms with Gasteiger partial charge in [-0.2, -0.15) is 5.10 Å². The normalized spacial score (nSPS) is 11.1. The van der Waals surface area contributed by atoms with Crippen LogP contribution in [0.1, 0.15) is 16.7 Å². The molecule has 1 heterocycles. The monoisotopic (exact) mass is 446 g/mol. The summed E-state index contributed by atoms with van der Waals surface area (Å²) in [5, 5.41) is 30.8. The number of hydrogen-bond acceptors (Lipinski definition) is 9. The first-order valence-electron chi connectivity index (χ1n) is 8.48. The van der Waals surface area contributed by atoms with Crippen molar-refractivity contribution in [2.45, 2.75) is 21.4 Å². The van der Waals surface area contributed by atoms with Gasteiger partial charge < -0.3 is 10.2 Å². The van der Waals surface area contributed by atoms with Gasteiger partial charge in [0.15, 0.2) is 20.2 Å². The second-order valence-corrected chi connectivity index (χ2v) is 9.36. The van der Waals surface area contributed by atoms with Gasteiger partial charge in [0.05, 0.1) is 12.0 Å². The first-order chi connectivity index (χ1) is 14.0. The van der Waals surface area contributed by atoms with Crippen LogP contribution in [0.15, 0.2) is 56.2 Å². The van der Waals surface area contributed by atoms with E-state index >= 15 is 0 Å². The second kappa shape index (κ2) is 10.3. The smallest absolute Gasteiger partial charge is 0.250 e. The van der Waals surface area contributed by atoms with Crippen LogP contribution in [0, 0.1) is 6.92 Å². The van der Waals surface area contributed by atoms with E-state index in [9.17, 15) is 15.0 Å². The van der Waals surface area contributed by atoms with Crippen molar-refractivity contribution in [1.29, 1.82) is 0 Å². The average molecular weight is 447 g/mol. The molecule has 0 saturated heterocycles. The molecule has 0 atom stereocenters. The topological polar surface area (TPSA) is 108 Å². The number of benzene rings is 2. The number of aromatic hydroxyl groups is 2. The summed E-state index contributed by atoms with van der Waals surface area (Å²) in [5.41, 5.74) is 5.42. The highest BCUT2D eigenvalue weighted by atomic mass is 32.2. The molecule has 0 aliphatic heterocycles. The molecule has 29 heavy (non-hydrogen) atoms. The highest BCUT2D eigenvalue weighted by Gasteiger charge is 2.08. The molecule has 7 nitrogen and oxygen atoms in total. The SMILES string of the molecule is Cc1ccc(CSc2nnc(SCC(=O)NN=Cc3ccc(O)c(O)c3)s2)cc1. The zero-order chi connectivity index (χ0) is 20.6. The van der Waals surface area contributed by atoms with Gasteiger partial charge in [0.1, 0.15) is 0 Å². The van der Waals surface area contributed by atoms with Crippen molar-refractivity contribution in [3.63, 3.8) is 0 Å². The van der Waals surface area contributed by atoms with Crippen molar-refractivity contribution in [1.82, 2.24) is 15.6 Å². The molecule has 0 saturated carbocycles. The predicted molar refractivity (Wildman–Crippen MR) is 117 cm³/mol. The quantitative estimate of drug-likeness (QED) is 0.209. The predicted octanol–water partition coefficient (Wildman–Crippen LogP) is 3.79. The molecule has 0 unspecified atom stereocenters. The first-order valence-corrected chi connectivity index (χ1v) is 11.3. The Bertz CT molecular complexity index is 1010. The molecule has 1 amide bonds. The van der Waals surface area contributed by atoms with E-state index < -0.39 is 0 Å². The van der Waals surface area contributed by atoms with Crippen LogP contribution in [-0.2, 0) is 10.5 Å². The van der Waals surface area contributed by atoms with Gasteiger partial charge in [0.2, 0.25) is 0 Å². The van der Waals surface area contributed by atoms with Gasteiger partial charge in [-0.1, -0.05) is 64.7 Å². The lowest BCUT2D eigenvalue weighted by molar-refractivity contribution is -0.118. The molecule has 0 bridgehead atoms. The summed E-state index contributed by atoms with van der Waals surface area (Å²) in [6.07, 6.45) is 1.38. The molecule has 10 heteroatoms. The Morgan fingerprint density at radius 1 is 1.10 bits per heavy atom. The van der Waals surface area contributed by atoms with Crippen LogP contribution in [0.3, 0.4) is 0 Å². The van der Waals surface area contributed by atoms with Crippen molar-refractivity contribution in [2.24, 2.45) is 5.10 Å². The summed E-state index contributed by atoms with van der Waals surface area (Å²) in [6.45, 7) is 2.06. The van der Waals surface area contributed by atoms with E-state index in [0.717, 1.165) is 14.4 Å². The highest BCUT2D eigenvalue weighted by molar-refractivity contribution is 8.03. The maximum Gasteiger partial charge on any atom is 0.250 e. The van der Waals surface area contributed by atoms with Crippen molar-refractivity contribution in [3.05, 3.63) is 59.2 Å². The maximum atomic E-state index is 11.9. The van der Waals surface area contributed by atoms with Crippen molar-refractivity contribution < 1.29 is 15.0 Å². The number of hydrazone groups is 1. The number of amides is 1. The molecule has 0 spiro atoms. The molecule has 0 aliphatic carbocycles. The highest BCUT2D eigenvalue weighted by Crippen LogP contribution is 2.30. The Hall–Kier alpha value is -2.56. The fourth-order valence-electron chi connectivity index (χ4n) is 2.10. The van der Waals surface area contributed by atoms with Gasteiger partial charge in [0, 0.05) is 5.75 Å². The molecule has 1 aromatic heterocycles. The standard InChI is InChI=1S/C19H18N4O3S3/c1-12-2-4-13(5-3-12)10-27-18-22-23-19(29-18)28-11-17(26)21-20-9-14-6-7-15(24)16(25)8-14/h2-9,24-25H,10-11H2,1H3,(H,21,26). The molecule has 2 aromatic carbocycles. The molecular formula is C19H18N4O3S3. The van der Waals surface area contributed by atoms with Crippen molar-refractivity contribution >= 4 is 47.0 Å². The summed E-state index contributed by atoms with van der Waals surface area (Å²) in [7, 11) is 0.